The average Bonchev–Trinajstić information content (AvgIpc) is 2.20. The van der Waals surface area contributed by atoms with Gasteiger partial charge >= 0.3 is 0 Å². The zero-order valence-corrected chi connectivity index (χ0v) is 8.87. The molecule has 0 rings (SSSR count). The molecule has 0 saturated heterocycles. The fourth-order valence-electron chi connectivity index (χ4n) is 1.17. The van der Waals surface area contributed by atoms with Gasteiger partial charge in [-0.25, -0.2) is 0 Å². The Morgan fingerprint density at radius 3 is 2.64 bits per heavy atom. The van der Waals surface area contributed by atoms with Gasteiger partial charge in [-0.15, -0.1) is 0 Å². The number of carbonyl (C=O) groups excluding carboxylic acids is 2. The normalized spacial score (nSPS) is 9.86. The minimum Gasteiger partial charge on any atom is -0.346 e. The Bertz CT molecular complexity index is 172. The van der Waals surface area contributed by atoms with Gasteiger partial charge in [-0.2, -0.15) is 0 Å². The number of nitrogens with two attached hydrogens (primary N) is 1. The molecule has 14 heavy (non-hydrogen) atoms. The van der Waals surface area contributed by atoms with Gasteiger partial charge in [-0.05, 0) is 19.4 Å². The molecule has 4 heteroatoms. The van der Waals surface area contributed by atoms with Crippen molar-refractivity contribution in [3.8, 4) is 0 Å². The molecule has 0 radical (unpaired) electrons. The Labute approximate surface area is 85.4 Å². The van der Waals surface area contributed by atoms with Crippen molar-refractivity contribution in [1.29, 1.82) is 0 Å². The fourth-order valence-corrected chi connectivity index (χ4v) is 1.17. The van der Waals surface area contributed by atoms with Crippen molar-refractivity contribution in [2.75, 3.05) is 20.1 Å². The van der Waals surface area contributed by atoms with E-state index in [9.17, 15) is 9.59 Å². The second-order valence-electron chi connectivity index (χ2n) is 3.37. The van der Waals surface area contributed by atoms with Crippen LogP contribution in [0.15, 0.2) is 0 Å². The van der Waals surface area contributed by atoms with Crippen LogP contribution in [0.1, 0.15) is 32.1 Å². The summed E-state index contributed by atoms with van der Waals surface area (Å²) in [7, 11) is 1.77. The van der Waals surface area contributed by atoms with E-state index in [-0.39, 0.29) is 5.91 Å². The highest BCUT2D eigenvalue weighted by Gasteiger charge is 2.06. The molecule has 0 aromatic heterocycles. The van der Waals surface area contributed by atoms with Gasteiger partial charge in [-0.3, -0.25) is 4.79 Å². The van der Waals surface area contributed by atoms with Crippen LogP contribution in [0.25, 0.3) is 0 Å². The Kier molecular flexibility index (Phi) is 8.13. The number of hydrogen-bond donors (Lipinski definition) is 1. The third-order valence-electron chi connectivity index (χ3n) is 2.10. The minimum atomic E-state index is 0.0462. The highest BCUT2D eigenvalue weighted by Crippen LogP contribution is 1.99. The van der Waals surface area contributed by atoms with Crippen molar-refractivity contribution in [3.05, 3.63) is 0 Å². The molecule has 0 heterocycles. The maximum absolute atomic E-state index is 11.3. The summed E-state index contributed by atoms with van der Waals surface area (Å²) >= 11 is 0. The molecule has 4 nitrogen and oxygen atoms in total. The number of hydrogen-bond acceptors (Lipinski definition) is 3. The van der Waals surface area contributed by atoms with Crippen molar-refractivity contribution >= 4 is 12.2 Å². The smallest absolute Gasteiger partial charge is 0.222 e. The fraction of sp³-hybridized carbons (Fsp3) is 0.800. The topological polar surface area (TPSA) is 63.4 Å². The molecule has 0 atom stereocenters. The quantitative estimate of drug-likeness (QED) is 0.460. The lowest BCUT2D eigenvalue weighted by Crippen LogP contribution is -2.27. The molecule has 0 fully saturated rings. The van der Waals surface area contributed by atoms with Gasteiger partial charge in [0.25, 0.3) is 0 Å². The van der Waals surface area contributed by atoms with E-state index in [0.717, 1.165) is 32.1 Å². The monoisotopic (exact) mass is 200 g/mol. The van der Waals surface area contributed by atoms with E-state index in [0.29, 0.717) is 19.4 Å². The van der Waals surface area contributed by atoms with Gasteiger partial charge in [0, 0.05) is 26.4 Å². The summed E-state index contributed by atoms with van der Waals surface area (Å²) < 4.78 is 0. The summed E-state index contributed by atoms with van der Waals surface area (Å²) in [5.41, 5.74) is 5.35. The lowest BCUT2D eigenvalue weighted by Gasteiger charge is -2.16. The molecule has 0 aliphatic rings. The van der Waals surface area contributed by atoms with Crippen LogP contribution in [-0.4, -0.2) is 37.2 Å². The first kappa shape index (κ1) is 13.1. The van der Waals surface area contributed by atoms with Crippen LogP contribution >= 0.6 is 0 Å². The molecular formula is C10H20N2O2. The first-order valence-electron chi connectivity index (χ1n) is 5.10. The van der Waals surface area contributed by atoms with Crippen molar-refractivity contribution in [2.45, 2.75) is 32.1 Å². The first-order chi connectivity index (χ1) is 6.72. The van der Waals surface area contributed by atoms with Gasteiger partial charge in [0.1, 0.15) is 6.29 Å². The minimum absolute atomic E-state index is 0.0462. The van der Waals surface area contributed by atoms with E-state index in [1.165, 1.54) is 0 Å². The predicted octanol–water partition coefficient (Wildman–Crippen LogP) is 0.553. The highest BCUT2D eigenvalue weighted by atomic mass is 16.2. The third kappa shape index (κ3) is 6.60. The standard InChI is InChI=1S/C10H20N2O2/c1-12(8-4-2-3-7-11)10(14)6-5-9-13/h9H,2-8,11H2,1H3. The number of amides is 1. The summed E-state index contributed by atoms with van der Waals surface area (Å²) in [5, 5.41) is 0. The van der Waals surface area contributed by atoms with E-state index >= 15 is 0 Å². The van der Waals surface area contributed by atoms with Gasteiger partial charge in [-0.1, -0.05) is 6.42 Å². The van der Waals surface area contributed by atoms with Crippen LogP contribution in [-0.2, 0) is 9.59 Å². The number of nitrogens with zero attached hydrogens (tertiary/aromatic N) is 1. The Morgan fingerprint density at radius 2 is 2.07 bits per heavy atom. The SMILES string of the molecule is CN(CCCCCN)C(=O)CCC=O. The molecule has 0 aromatic rings. The summed E-state index contributed by atoms with van der Waals surface area (Å²) in [6.45, 7) is 1.47. The van der Waals surface area contributed by atoms with E-state index in [2.05, 4.69) is 0 Å². The van der Waals surface area contributed by atoms with Crippen LogP contribution in [0.2, 0.25) is 0 Å². The number of unbranched alkanes of at least 4 members (excludes halogenated alkanes) is 2. The largest absolute Gasteiger partial charge is 0.346 e. The van der Waals surface area contributed by atoms with Crippen LogP contribution < -0.4 is 5.73 Å². The second-order valence-corrected chi connectivity index (χ2v) is 3.37. The van der Waals surface area contributed by atoms with Gasteiger partial charge in [0.2, 0.25) is 5.91 Å². The van der Waals surface area contributed by atoms with E-state index < -0.39 is 0 Å². The van der Waals surface area contributed by atoms with Crippen LogP contribution in [0.4, 0.5) is 0 Å². The molecule has 0 saturated carbocycles. The number of carbonyl (C=O) groups is 2. The molecule has 0 unspecified atom stereocenters. The second kappa shape index (κ2) is 8.69. The maximum atomic E-state index is 11.3. The zero-order chi connectivity index (χ0) is 10.8. The molecule has 82 valence electrons. The predicted molar refractivity (Wildman–Crippen MR) is 55.8 cm³/mol. The van der Waals surface area contributed by atoms with Gasteiger partial charge < -0.3 is 15.4 Å². The number of rotatable bonds is 8. The number of aldehydes is 1. The Morgan fingerprint density at radius 1 is 1.36 bits per heavy atom. The van der Waals surface area contributed by atoms with Crippen molar-refractivity contribution in [3.63, 3.8) is 0 Å². The Hall–Kier alpha value is -0.900. The molecule has 2 N–H and O–H groups in total. The summed E-state index contributed by atoms with van der Waals surface area (Å²) in [5.74, 6) is 0.0462. The summed E-state index contributed by atoms with van der Waals surface area (Å²) in [6, 6.07) is 0. The molecule has 0 bridgehead atoms. The Balaban J connectivity index is 3.46. The lowest BCUT2D eigenvalue weighted by molar-refractivity contribution is -0.130. The van der Waals surface area contributed by atoms with Gasteiger partial charge in [0.05, 0.1) is 0 Å². The molecule has 1 amide bonds. The van der Waals surface area contributed by atoms with Crippen molar-refractivity contribution < 1.29 is 9.59 Å². The van der Waals surface area contributed by atoms with E-state index in [1.54, 1.807) is 11.9 Å². The van der Waals surface area contributed by atoms with E-state index in [4.69, 9.17) is 5.73 Å². The maximum Gasteiger partial charge on any atom is 0.222 e. The van der Waals surface area contributed by atoms with Crippen LogP contribution in [0.5, 0.6) is 0 Å². The van der Waals surface area contributed by atoms with Crippen molar-refractivity contribution in [1.82, 2.24) is 4.90 Å². The third-order valence-corrected chi connectivity index (χ3v) is 2.10. The van der Waals surface area contributed by atoms with Crippen LogP contribution in [0.3, 0.4) is 0 Å². The zero-order valence-electron chi connectivity index (χ0n) is 8.87. The van der Waals surface area contributed by atoms with Crippen molar-refractivity contribution in [2.24, 2.45) is 5.73 Å². The average molecular weight is 200 g/mol. The highest BCUT2D eigenvalue weighted by molar-refractivity contribution is 5.77. The summed E-state index contributed by atoms with van der Waals surface area (Å²) in [6.07, 6.45) is 4.49. The summed E-state index contributed by atoms with van der Waals surface area (Å²) in [4.78, 5) is 23.0. The van der Waals surface area contributed by atoms with Gasteiger partial charge in [0.15, 0.2) is 0 Å². The molecule has 0 aliphatic heterocycles. The molecule has 0 spiro atoms. The van der Waals surface area contributed by atoms with E-state index in [1.807, 2.05) is 0 Å². The molecule has 0 aromatic carbocycles. The molecule has 0 aliphatic carbocycles. The molecular weight excluding hydrogens is 180 g/mol. The first-order valence-corrected chi connectivity index (χ1v) is 5.10. The van der Waals surface area contributed by atoms with Crippen LogP contribution in [0, 0.1) is 0 Å². The lowest BCUT2D eigenvalue weighted by atomic mass is 10.2.